The minimum Gasteiger partial charge on any atom is -0.507 e. The summed E-state index contributed by atoms with van der Waals surface area (Å²) in [4.78, 5) is 12.9. The maximum absolute atomic E-state index is 12.9. The Bertz CT molecular complexity index is 1410. The van der Waals surface area contributed by atoms with Crippen LogP contribution in [0.5, 0.6) is 5.75 Å². The predicted molar refractivity (Wildman–Crippen MR) is 149 cm³/mol. The van der Waals surface area contributed by atoms with Gasteiger partial charge >= 0.3 is 0 Å². The van der Waals surface area contributed by atoms with E-state index in [2.05, 4.69) is 53.4 Å². The SMILES string of the molecule is Cc1ccc(-n2c(SCC(=O)Nc3c(C)cc(Br)cc3C)nnc2-c2cc(Br)ccc2O)c(C)c1. The summed E-state index contributed by atoms with van der Waals surface area (Å²) in [6.07, 6.45) is 0. The van der Waals surface area contributed by atoms with Crippen molar-refractivity contribution in [2.45, 2.75) is 32.9 Å². The van der Waals surface area contributed by atoms with Crippen molar-refractivity contribution in [3.63, 3.8) is 0 Å². The van der Waals surface area contributed by atoms with Gasteiger partial charge in [0, 0.05) is 14.6 Å². The van der Waals surface area contributed by atoms with Gasteiger partial charge in [-0.15, -0.1) is 10.2 Å². The Labute approximate surface area is 225 Å². The number of phenols is 1. The molecule has 0 bridgehead atoms. The molecule has 180 valence electrons. The van der Waals surface area contributed by atoms with Crippen molar-refractivity contribution in [3.05, 3.63) is 79.7 Å². The van der Waals surface area contributed by atoms with Crippen molar-refractivity contribution in [2.75, 3.05) is 11.1 Å². The highest BCUT2D eigenvalue weighted by Gasteiger charge is 2.21. The van der Waals surface area contributed by atoms with E-state index in [0.717, 1.165) is 42.6 Å². The van der Waals surface area contributed by atoms with Gasteiger partial charge < -0.3 is 10.4 Å². The molecule has 0 unspecified atom stereocenters. The van der Waals surface area contributed by atoms with E-state index in [9.17, 15) is 9.90 Å². The van der Waals surface area contributed by atoms with Crippen molar-refractivity contribution >= 4 is 55.2 Å². The standard InChI is InChI=1S/C26H24Br2N4O2S/c1-14-5-7-21(15(2)9-14)32-25(20-12-18(27)6-8-22(20)33)30-31-26(32)35-13-23(34)29-24-16(3)10-19(28)11-17(24)4/h5-12,33H,13H2,1-4H3,(H,29,34). The first-order valence-corrected chi connectivity index (χ1v) is 13.4. The van der Waals surface area contributed by atoms with Gasteiger partial charge in [-0.05, 0) is 80.8 Å². The molecule has 0 spiro atoms. The Balaban J connectivity index is 1.68. The molecule has 6 nitrogen and oxygen atoms in total. The second kappa shape index (κ2) is 10.6. The number of carbonyl (C=O) groups excluding carboxylic acids is 1. The molecule has 0 fully saturated rings. The van der Waals surface area contributed by atoms with Gasteiger partial charge in [-0.1, -0.05) is 61.3 Å². The number of aromatic hydroxyl groups is 1. The topological polar surface area (TPSA) is 80.0 Å². The monoisotopic (exact) mass is 614 g/mol. The van der Waals surface area contributed by atoms with Gasteiger partial charge in [0.15, 0.2) is 11.0 Å². The molecule has 1 aromatic heterocycles. The summed E-state index contributed by atoms with van der Waals surface area (Å²) >= 11 is 8.26. The third-order valence-corrected chi connectivity index (χ3v) is 7.40. The summed E-state index contributed by atoms with van der Waals surface area (Å²) in [5, 5.41) is 22.9. The number of halogens is 2. The van der Waals surface area contributed by atoms with Crippen LogP contribution in [0.15, 0.2) is 62.6 Å². The van der Waals surface area contributed by atoms with Crippen molar-refractivity contribution in [3.8, 4) is 22.8 Å². The third-order valence-electron chi connectivity index (χ3n) is 5.52. The first kappa shape index (κ1) is 25.5. The molecule has 1 amide bonds. The summed E-state index contributed by atoms with van der Waals surface area (Å²) in [6, 6.07) is 15.2. The number of thioether (sulfide) groups is 1. The van der Waals surface area contributed by atoms with E-state index in [1.165, 1.54) is 11.8 Å². The number of hydrogen-bond donors (Lipinski definition) is 2. The molecule has 0 aliphatic rings. The minimum atomic E-state index is -0.134. The smallest absolute Gasteiger partial charge is 0.234 e. The molecule has 9 heteroatoms. The molecule has 0 radical (unpaired) electrons. The number of rotatable bonds is 6. The molecule has 35 heavy (non-hydrogen) atoms. The van der Waals surface area contributed by atoms with Crippen LogP contribution in [0.4, 0.5) is 5.69 Å². The summed E-state index contributed by atoms with van der Waals surface area (Å²) in [5.74, 6) is 0.619. The Hall–Kier alpha value is -2.62. The van der Waals surface area contributed by atoms with Crippen LogP contribution in [0.25, 0.3) is 17.1 Å². The molecule has 2 N–H and O–H groups in total. The second-order valence-electron chi connectivity index (χ2n) is 8.34. The minimum absolute atomic E-state index is 0.0992. The fourth-order valence-electron chi connectivity index (χ4n) is 3.91. The van der Waals surface area contributed by atoms with Crippen LogP contribution in [0.2, 0.25) is 0 Å². The van der Waals surface area contributed by atoms with E-state index >= 15 is 0 Å². The van der Waals surface area contributed by atoms with Crippen LogP contribution in [-0.2, 0) is 4.79 Å². The van der Waals surface area contributed by atoms with Crippen molar-refractivity contribution in [1.29, 1.82) is 0 Å². The van der Waals surface area contributed by atoms with E-state index in [4.69, 9.17) is 0 Å². The van der Waals surface area contributed by atoms with Crippen LogP contribution in [0, 0.1) is 27.7 Å². The Morgan fingerprint density at radius 3 is 2.34 bits per heavy atom. The fraction of sp³-hybridized carbons (Fsp3) is 0.192. The van der Waals surface area contributed by atoms with Gasteiger partial charge in [0.25, 0.3) is 0 Å². The molecule has 0 saturated carbocycles. The summed E-state index contributed by atoms with van der Waals surface area (Å²) < 4.78 is 3.68. The van der Waals surface area contributed by atoms with Crippen LogP contribution < -0.4 is 5.32 Å². The van der Waals surface area contributed by atoms with Crippen LogP contribution in [-0.4, -0.2) is 31.5 Å². The second-order valence-corrected chi connectivity index (χ2v) is 11.1. The summed E-state index contributed by atoms with van der Waals surface area (Å²) in [7, 11) is 0. The summed E-state index contributed by atoms with van der Waals surface area (Å²) in [6.45, 7) is 7.99. The molecule has 4 aromatic rings. The summed E-state index contributed by atoms with van der Waals surface area (Å²) in [5.41, 5.74) is 6.39. The zero-order valence-electron chi connectivity index (χ0n) is 19.7. The molecular formula is C26H24Br2N4O2S. The normalized spacial score (nSPS) is 11.0. The number of amides is 1. The fourth-order valence-corrected chi connectivity index (χ4v) is 5.70. The van der Waals surface area contributed by atoms with Gasteiger partial charge in [0.05, 0.1) is 17.0 Å². The van der Waals surface area contributed by atoms with Crippen molar-refractivity contribution < 1.29 is 9.90 Å². The number of carbonyl (C=O) groups is 1. The molecule has 0 saturated heterocycles. The lowest BCUT2D eigenvalue weighted by atomic mass is 10.1. The van der Waals surface area contributed by atoms with Gasteiger partial charge in [-0.2, -0.15) is 0 Å². The Morgan fingerprint density at radius 1 is 0.943 bits per heavy atom. The van der Waals surface area contributed by atoms with E-state index in [-0.39, 0.29) is 17.4 Å². The van der Waals surface area contributed by atoms with Crippen LogP contribution >= 0.6 is 43.6 Å². The van der Waals surface area contributed by atoms with Crippen molar-refractivity contribution in [2.24, 2.45) is 0 Å². The number of aromatic nitrogens is 3. The lowest BCUT2D eigenvalue weighted by molar-refractivity contribution is -0.113. The number of anilines is 1. The Morgan fingerprint density at radius 2 is 1.66 bits per heavy atom. The lowest BCUT2D eigenvalue weighted by Gasteiger charge is -2.15. The number of aryl methyl sites for hydroxylation is 4. The number of nitrogens with zero attached hydrogens (tertiary/aromatic N) is 3. The highest BCUT2D eigenvalue weighted by molar-refractivity contribution is 9.10. The highest BCUT2D eigenvalue weighted by Crippen LogP contribution is 2.35. The number of phenolic OH excluding ortho intramolecular Hbond substituents is 1. The van der Waals surface area contributed by atoms with E-state index < -0.39 is 0 Å². The molecule has 0 aliphatic heterocycles. The first-order valence-electron chi connectivity index (χ1n) is 10.9. The third kappa shape index (κ3) is 5.63. The maximum atomic E-state index is 12.9. The number of nitrogens with one attached hydrogen (secondary N) is 1. The molecule has 0 atom stereocenters. The van der Waals surface area contributed by atoms with E-state index in [0.29, 0.717) is 16.5 Å². The molecule has 3 aromatic carbocycles. The van der Waals surface area contributed by atoms with Crippen LogP contribution in [0.3, 0.4) is 0 Å². The molecule has 0 aliphatic carbocycles. The maximum Gasteiger partial charge on any atom is 0.234 e. The zero-order valence-corrected chi connectivity index (χ0v) is 23.7. The average molecular weight is 616 g/mol. The Kier molecular flexibility index (Phi) is 7.68. The first-order chi connectivity index (χ1) is 16.6. The zero-order chi connectivity index (χ0) is 25.3. The average Bonchev–Trinajstić information content (AvgIpc) is 3.20. The van der Waals surface area contributed by atoms with E-state index in [1.807, 2.05) is 56.5 Å². The number of hydrogen-bond acceptors (Lipinski definition) is 5. The number of benzene rings is 3. The highest BCUT2D eigenvalue weighted by atomic mass is 79.9. The molecule has 1 heterocycles. The van der Waals surface area contributed by atoms with Gasteiger partial charge in [0.2, 0.25) is 5.91 Å². The van der Waals surface area contributed by atoms with Gasteiger partial charge in [-0.3, -0.25) is 9.36 Å². The van der Waals surface area contributed by atoms with Gasteiger partial charge in [-0.25, -0.2) is 0 Å². The largest absolute Gasteiger partial charge is 0.507 e. The van der Waals surface area contributed by atoms with Gasteiger partial charge in [0.1, 0.15) is 5.75 Å². The predicted octanol–water partition coefficient (Wildman–Crippen LogP) is 7.13. The molecular weight excluding hydrogens is 592 g/mol. The van der Waals surface area contributed by atoms with Crippen molar-refractivity contribution in [1.82, 2.24) is 14.8 Å². The van der Waals surface area contributed by atoms with E-state index in [1.54, 1.807) is 18.2 Å². The van der Waals surface area contributed by atoms with Crippen LogP contribution in [0.1, 0.15) is 22.3 Å². The lowest BCUT2D eigenvalue weighted by Crippen LogP contribution is -2.16. The quantitative estimate of drug-likeness (QED) is 0.226. The molecule has 4 rings (SSSR count).